The highest BCUT2D eigenvalue weighted by Crippen LogP contribution is 2.34. The number of rotatable bonds is 6. The molecule has 6 heteroatoms. The molecule has 2 aromatic heterocycles. The first-order chi connectivity index (χ1) is 12.2. The topological polar surface area (TPSA) is 60.2 Å². The highest BCUT2D eigenvalue weighted by molar-refractivity contribution is 5.92. The molecule has 25 heavy (non-hydrogen) atoms. The second kappa shape index (κ2) is 6.96. The van der Waals surface area contributed by atoms with Gasteiger partial charge in [-0.05, 0) is 42.5 Å². The lowest BCUT2D eigenvalue weighted by Gasteiger charge is -2.18. The van der Waals surface area contributed by atoms with Crippen LogP contribution in [0.25, 0.3) is 0 Å². The van der Waals surface area contributed by atoms with Crippen molar-refractivity contribution in [3.63, 3.8) is 0 Å². The van der Waals surface area contributed by atoms with E-state index in [-0.39, 0.29) is 5.91 Å². The Morgan fingerprint density at radius 2 is 1.96 bits per heavy atom. The van der Waals surface area contributed by atoms with Gasteiger partial charge in [-0.15, -0.1) is 0 Å². The number of hydrogen-bond acceptors (Lipinski definition) is 4. The van der Waals surface area contributed by atoms with Gasteiger partial charge in [-0.2, -0.15) is 5.10 Å². The van der Waals surface area contributed by atoms with Crippen LogP contribution in [-0.4, -0.2) is 51.9 Å². The predicted molar refractivity (Wildman–Crippen MR) is 93.1 cm³/mol. The van der Waals surface area contributed by atoms with Crippen LogP contribution in [0.1, 0.15) is 34.8 Å². The number of likely N-dealkylation sites (tertiary alicyclic amines) is 1. The maximum Gasteiger partial charge on any atom is 0.272 e. The second-order valence-electron chi connectivity index (χ2n) is 7.18. The van der Waals surface area contributed by atoms with E-state index in [4.69, 9.17) is 4.74 Å². The van der Waals surface area contributed by atoms with E-state index in [0.29, 0.717) is 30.7 Å². The Hall–Kier alpha value is -2.21. The Morgan fingerprint density at radius 3 is 2.64 bits per heavy atom. The summed E-state index contributed by atoms with van der Waals surface area (Å²) in [6.45, 7) is 3.00. The molecule has 3 heterocycles. The highest BCUT2D eigenvalue weighted by atomic mass is 16.5. The van der Waals surface area contributed by atoms with Crippen molar-refractivity contribution in [2.24, 2.45) is 18.9 Å². The molecule has 0 spiro atoms. The average Bonchev–Trinajstić information content (AvgIpc) is 3.20. The summed E-state index contributed by atoms with van der Waals surface area (Å²) in [5, 5.41) is 4.12. The molecule has 6 nitrogen and oxygen atoms in total. The molecule has 1 saturated heterocycles. The third kappa shape index (κ3) is 3.58. The zero-order valence-corrected chi connectivity index (χ0v) is 14.5. The number of amides is 1. The van der Waals surface area contributed by atoms with Gasteiger partial charge >= 0.3 is 0 Å². The Balaban J connectivity index is 1.48. The monoisotopic (exact) mass is 340 g/mol. The fourth-order valence-corrected chi connectivity index (χ4v) is 3.61. The molecule has 0 radical (unpaired) electrons. The first kappa shape index (κ1) is 16.3. The van der Waals surface area contributed by atoms with Gasteiger partial charge < -0.3 is 9.64 Å². The minimum atomic E-state index is 0.0451. The number of nitrogens with zero attached hydrogens (tertiary/aromatic N) is 4. The van der Waals surface area contributed by atoms with Gasteiger partial charge in [0.05, 0.1) is 6.61 Å². The van der Waals surface area contributed by atoms with Crippen LogP contribution in [0.2, 0.25) is 0 Å². The average molecular weight is 340 g/mol. The lowest BCUT2D eigenvalue weighted by atomic mass is 9.90. The van der Waals surface area contributed by atoms with Gasteiger partial charge in [0.2, 0.25) is 0 Å². The summed E-state index contributed by atoms with van der Waals surface area (Å²) in [7, 11) is 1.81. The SMILES string of the molecule is Cn1nccc1C(=O)N1C[C@@H](COCC2CC2)[C@H](c2ccncc2)C1. The van der Waals surface area contributed by atoms with E-state index in [1.54, 1.807) is 24.0 Å². The van der Waals surface area contributed by atoms with E-state index in [2.05, 4.69) is 22.2 Å². The van der Waals surface area contributed by atoms with Crippen molar-refractivity contribution in [1.29, 1.82) is 0 Å². The number of aryl methyl sites for hydroxylation is 1. The molecular weight excluding hydrogens is 316 g/mol. The van der Waals surface area contributed by atoms with E-state index in [1.165, 1.54) is 18.4 Å². The summed E-state index contributed by atoms with van der Waals surface area (Å²) in [5.41, 5.74) is 1.86. The molecule has 2 fully saturated rings. The lowest BCUT2D eigenvalue weighted by molar-refractivity contribution is 0.0731. The van der Waals surface area contributed by atoms with Crippen LogP contribution < -0.4 is 0 Å². The van der Waals surface area contributed by atoms with Gasteiger partial charge in [-0.25, -0.2) is 0 Å². The van der Waals surface area contributed by atoms with Crippen molar-refractivity contribution in [3.8, 4) is 0 Å². The Morgan fingerprint density at radius 1 is 1.16 bits per heavy atom. The normalized spacial score (nSPS) is 23.2. The summed E-state index contributed by atoms with van der Waals surface area (Å²) in [6.07, 6.45) is 7.90. The maximum atomic E-state index is 12.9. The Bertz CT molecular complexity index is 726. The number of carbonyl (C=O) groups is 1. The molecule has 0 N–H and O–H groups in total. The van der Waals surface area contributed by atoms with Gasteiger partial charge in [0, 0.05) is 57.2 Å². The third-order valence-corrected chi connectivity index (χ3v) is 5.28. The minimum absolute atomic E-state index is 0.0451. The predicted octanol–water partition coefficient (Wildman–Crippen LogP) is 2.10. The molecule has 0 aromatic carbocycles. The summed E-state index contributed by atoms with van der Waals surface area (Å²) < 4.78 is 7.60. The van der Waals surface area contributed by atoms with Crippen LogP contribution in [0.3, 0.4) is 0 Å². The number of carbonyl (C=O) groups excluding carboxylic acids is 1. The summed E-state index contributed by atoms with van der Waals surface area (Å²) in [6, 6.07) is 5.88. The zero-order valence-electron chi connectivity index (χ0n) is 14.5. The first-order valence-corrected chi connectivity index (χ1v) is 8.97. The van der Waals surface area contributed by atoms with Crippen LogP contribution in [0.15, 0.2) is 36.8 Å². The van der Waals surface area contributed by atoms with Gasteiger partial charge in [0.25, 0.3) is 5.91 Å². The number of ether oxygens (including phenoxy) is 1. The van der Waals surface area contributed by atoms with Crippen molar-refractivity contribution < 1.29 is 9.53 Å². The maximum absolute atomic E-state index is 12.9. The molecular formula is C19H24N4O2. The van der Waals surface area contributed by atoms with Crippen LogP contribution >= 0.6 is 0 Å². The van der Waals surface area contributed by atoms with Crippen molar-refractivity contribution in [1.82, 2.24) is 19.7 Å². The van der Waals surface area contributed by atoms with Gasteiger partial charge in [-0.3, -0.25) is 14.5 Å². The number of aromatic nitrogens is 3. The Labute approximate surface area is 147 Å². The van der Waals surface area contributed by atoms with E-state index in [1.807, 2.05) is 17.3 Å². The standard InChI is InChI=1S/C19H24N4O2/c1-22-18(6-9-21-22)19(24)23-10-16(13-25-12-14-2-3-14)17(11-23)15-4-7-20-8-5-15/h4-9,14,16-17H,2-3,10-13H2,1H3/t16-,17-/m0/s1. The van der Waals surface area contributed by atoms with Crippen molar-refractivity contribution in [3.05, 3.63) is 48.0 Å². The first-order valence-electron chi connectivity index (χ1n) is 8.97. The molecule has 1 amide bonds. The molecule has 132 valence electrons. The summed E-state index contributed by atoms with van der Waals surface area (Å²) in [4.78, 5) is 18.9. The molecule has 1 aliphatic heterocycles. The largest absolute Gasteiger partial charge is 0.381 e. The van der Waals surface area contributed by atoms with Gasteiger partial charge in [-0.1, -0.05) is 0 Å². The van der Waals surface area contributed by atoms with Crippen molar-refractivity contribution in [2.75, 3.05) is 26.3 Å². The van der Waals surface area contributed by atoms with E-state index in [9.17, 15) is 4.79 Å². The highest BCUT2D eigenvalue weighted by Gasteiger charge is 2.37. The number of hydrogen-bond donors (Lipinski definition) is 0. The molecule has 4 rings (SSSR count). The minimum Gasteiger partial charge on any atom is -0.381 e. The van der Waals surface area contributed by atoms with Crippen LogP contribution in [0.4, 0.5) is 0 Å². The lowest BCUT2D eigenvalue weighted by Crippen LogP contribution is -2.31. The molecule has 1 aliphatic carbocycles. The van der Waals surface area contributed by atoms with Crippen molar-refractivity contribution in [2.45, 2.75) is 18.8 Å². The van der Waals surface area contributed by atoms with E-state index < -0.39 is 0 Å². The van der Waals surface area contributed by atoms with E-state index in [0.717, 1.165) is 19.1 Å². The second-order valence-corrected chi connectivity index (χ2v) is 7.18. The molecule has 1 saturated carbocycles. The fourth-order valence-electron chi connectivity index (χ4n) is 3.61. The van der Waals surface area contributed by atoms with Crippen LogP contribution in [0.5, 0.6) is 0 Å². The smallest absolute Gasteiger partial charge is 0.272 e. The fraction of sp³-hybridized carbons (Fsp3) is 0.526. The van der Waals surface area contributed by atoms with Crippen LogP contribution in [-0.2, 0) is 11.8 Å². The molecule has 2 aliphatic rings. The molecule has 0 unspecified atom stereocenters. The van der Waals surface area contributed by atoms with Crippen molar-refractivity contribution >= 4 is 5.91 Å². The quantitative estimate of drug-likeness (QED) is 0.808. The molecule has 0 bridgehead atoms. The molecule has 2 aromatic rings. The zero-order chi connectivity index (χ0) is 17.2. The van der Waals surface area contributed by atoms with Crippen LogP contribution in [0, 0.1) is 11.8 Å². The Kier molecular flexibility index (Phi) is 4.53. The summed E-state index contributed by atoms with van der Waals surface area (Å²) >= 11 is 0. The summed E-state index contributed by atoms with van der Waals surface area (Å²) in [5.74, 6) is 1.41. The number of pyridine rings is 1. The van der Waals surface area contributed by atoms with Gasteiger partial charge in [0.1, 0.15) is 5.69 Å². The van der Waals surface area contributed by atoms with E-state index >= 15 is 0 Å². The van der Waals surface area contributed by atoms with Gasteiger partial charge in [0.15, 0.2) is 0 Å². The molecule has 2 atom stereocenters. The third-order valence-electron chi connectivity index (χ3n) is 5.28.